The fraction of sp³-hybridized carbons (Fsp3) is 0.529. The molecular weight excluding hydrogens is 264 g/mol. The van der Waals surface area contributed by atoms with Crippen molar-refractivity contribution in [1.29, 1.82) is 0 Å². The maximum absolute atomic E-state index is 5.09. The summed E-state index contributed by atoms with van der Waals surface area (Å²) in [5, 5.41) is 7.62. The molecule has 1 saturated carbocycles. The van der Waals surface area contributed by atoms with E-state index in [4.69, 9.17) is 9.68 Å². The van der Waals surface area contributed by atoms with Gasteiger partial charge in [-0.15, -0.1) is 0 Å². The molecule has 21 heavy (non-hydrogen) atoms. The van der Waals surface area contributed by atoms with Gasteiger partial charge in [-0.3, -0.25) is 0 Å². The summed E-state index contributed by atoms with van der Waals surface area (Å²) in [5.41, 5.74) is 0. The number of oxime groups is 2. The second-order valence-corrected chi connectivity index (χ2v) is 5.71. The van der Waals surface area contributed by atoms with Crippen LogP contribution in [0.4, 0.5) is 0 Å². The lowest BCUT2D eigenvalue weighted by molar-refractivity contribution is 0.129. The molecule has 0 radical (unpaired) electrons. The lowest BCUT2D eigenvalue weighted by Crippen LogP contribution is -1.90. The molecule has 0 heterocycles. The van der Waals surface area contributed by atoms with Gasteiger partial charge >= 0.3 is 0 Å². The molecule has 0 atom stereocenters. The summed E-state index contributed by atoms with van der Waals surface area (Å²) in [7, 11) is 0. The molecule has 0 bridgehead atoms. The van der Waals surface area contributed by atoms with Crippen LogP contribution in [0, 0.1) is 11.8 Å². The quantitative estimate of drug-likeness (QED) is 0.571. The van der Waals surface area contributed by atoms with Gasteiger partial charge in [0.05, 0.1) is 0 Å². The van der Waals surface area contributed by atoms with Crippen LogP contribution < -0.4 is 4.84 Å². The fourth-order valence-electron chi connectivity index (χ4n) is 1.11. The van der Waals surface area contributed by atoms with Gasteiger partial charge < -0.3 is 9.68 Å². The smallest absolute Gasteiger partial charge is 0.157 e. The van der Waals surface area contributed by atoms with Crippen LogP contribution in [-0.2, 0) is 4.84 Å². The Morgan fingerprint density at radius 2 is 1.52 bits per heavy atom. The first-order chi connectivity index (χ1) is 10.1. The minimum Gasteiger partial charge on any atom is -0.393 e. The highest BCUT2D eigenvalue weighted by atomic mass is 16.6. The summed E-state index contributed by atoms with van der Waals surface area (Å²) in [6.45, 7) is 8.27. The van der Waals surface area contributed by atoms with Crippen molar-refractivity contribution < 1.29 is 9.68 Å². The van der Waals surface area contributed by atoms with Gasteiger partial charge in [0.1, 0.15) is 6.10 Å². The van der Waals surface area contributed by atoms with Gasteiger partial charge in [-0.1, -0.05) is 56.2 Å². The maximum atomic E-state index is 5.09. The van der Waals surface area contributed by atoms with E-state index in [-0.39, 0.29) is 0 Å². The van der Waals surface area contributed by atoms with Crippen molar-refractivity contribution in [1.82, 2.24) is 0 Å². The van der Waals surface area contributed by atoms with Crippen LogP contribution in [0.2, 0.25) is 0 Å². The number of nitrogens with zero attached hydrogens (tertiary/aromatic N) is 2. The summed E-state index contributed by atoms with van der Waals surface area (Å²) < 4.78 is 0. The van der Waals surface area contributed by atoms with Crippen molar-refractivity contribution in [2.45, 2.75) is 46.6 Å². The Kier molecular flexibility index (Phi) is 8.17. The molecule has 1 aromatic carbocycles. The number of para-hydroxylation sites is 1. The van der Waals surface area contributed by atoms with Crippen LogP contribution in [0.15, 0.2) is 40.6 Å². The first-order valence-corrected chi connectivity index (χ1v) is 7.52. The highest BCUT2D eigenvalue weighted by molar-refractivity contribution is 5.59. The highest BCUT2D eigenvalue weighted by Crippen LogP contribution is 2.23. The predicted molar refractivity (Wildman–Crippen MR) is 87.8 cm³/mol. The van der Waals surface area contributed by atoms with E-state index in [9.17, 15) is 0 Å². The molecule has 0 spiro atoms. The van der Waals surface area contributed by atoms with E-state index < -0.39 is 0 Å². The monoisotopic (exact) mass is 290 g/mol. The normalized spacial score (nSPS) is 14.6. The first kappa shape index (κ1) is 17.2. The molecule has 1 aromatic rings. The van der Waals surface area contributed by atoms with E-state index in [0.717, 1.165) is 5.75 Å². The zero-order chi connectivity index (χ0) is 15.5. The molecule has 2 rings (SSSR count). The number of rotatable bonds is 6. The molecule has 4 heteroatoms. The van der Waals surface area contributed by atoms with Gasteiger partial charge in [0.25, 0.3) is 0 Å². The number of hydrogen-bond acceptors (Lipinski definition) is 4. The van der Waals surface area contributed by atoms with Crippen LogP contribution in [0.25, 0.3) is 0 Å². The third-order valence-corrected chi connectivity index (χ3v) is 2.35. The highest BCUT2D eigenvalue weighted by Gasteiger charge is 2.23. The van der Waals surface area contributed by atoms with Crippen LogP contribution in [0.1, 0.15) is 40.5 Å². The molecule has 1 fully saturated rings. The molecule has 0 unspecified atom stereocenters. The molecule has 0 aromatic heterocycles. The van der Waals surface area contributed by atoms with E-state index in [1.807, 2.05) is 36.5 Å². The van der Waals surface area contributed by atoms with Crippen molar-refractivity contribution in [3.63, 3.8) is 0 Å². The molecule has 0 amide bonds. The molecule has 0 saturated heterocycles. The Morgan fingerprint density at radius 1 is 0.952 bits per heavy atom. The minimum atomic E-state index is 0.425. The summed E-state index contributed by atoms with van der Waals surface area (Å²) in [4.78, 5) is 10.1. The third kappa shape index (κ3) is 10.6. The van der Waals surface area contributed by atoms with Gasteiger partial charge in [-0.05, 0) is 36.8 Å². The largest absolute Gasteiger partial charge is 0.393 e. The van der Waals surface area contributed by atoms with Crippen LogP contribution in [0.5, 0.6) is 5.75 Å². The standard InChI is InChI=1S/C10H13NO.C7H13NO/c1-9(2)8-11-12-10-6-4-3-5-7-10;1-6(2)5-8-9-7-3-4-7/h3-9H,1-2H3;5-7H,3-4H2,1-2H3/b11-8+;8-5+. The molecule has 1 aliphatic rings. The van der Waals surface area contributed by atoms with E-state index in [0.29, 0.717) is 17.9 Å². The van der Waals surface area contributed by atoms with Crippen molar-refractivity contribution in [2.75, 3.05) is 0 Å². The minimum absolute atomic E-state index is 0.425. The summed E-state index contributed by atoms with van der Waals surface area (Å²) in [6, 6.07) is 9.52. The predicted octanol–water partition coefficient (Wildman–Crippen LogP) is 4.51. The van der Waals surface area contributed by atoms with Crippen molar-refractivity contribution >= 4 is 12.4 Å². The molecule has 1 aliphatic carbocycles. The second-order valence-electron chi connectivity index (χ2n) is 5.71. The zero-order valence-electron chi connectivity index (χ0n) is 13.4. The van der Waals surface area contributed by atoms with Crippen LogP contribution >= 0.6 is 0 Å². The summed E-state index contributed by atoms with van der Waals surface area (Å²) >= 11 is 0. The number of benzene rings is 1. The van der Waals surface area contributed by atoms with Crippen LogP contribution in [0.3, 0.4) is 0 Å². The number of hydrogen-bond donors (Lipinski definition) is 0. The Balaban J connectivity index is 0.000000219. The summed E-state index contributed by atoms with van der Waals surface area (Å²) in [5.74, 6) is 1.70. The average Bonchev–Trinajstić information content (AvgIpc) is 3.24. The van der Waals surface area contributed by atoms with Gasteiger partial charge in [-0.2, -0.15) is 0 Å². The Hall–Kier alpha value is -1.84. The van der Waals surface area contributed by atoms with Gasteiger partial charge in [-0.25, -0.2) is 0 Å². The first-order valence-electron chi connectivity index (χ1n) is 7.52. The summed E-state index contributed by atoms with van der Waals surface area (Å²) in [6.07, 6.45) is 6.43. The topological polar surface area (TPSA) is 43.2 Å². The van der Waals surface area contributed by atoms with Gasteiger partial charge in [0.15, 0.2) is 5.75 Å². The molecule has 116 valence electrons. The zero-order valence-corrected chi connectivity index (χ0v) is 13.4. The Morgan fingerprint density at radius 3 is 2.05 bits per heavy atom. The fourth-order valence-corrected chi connectivity index (χ4v) is 1.11. The van der Waals surface area contributed by atoms with Crippen molar-refractivity contribution in [2.24, 2.45) is 22.1 Å². The lowest BCUT2D eigenvalue weighted by atomic mass is 10.3. The third-order valence-electron chi connectivity index (χ3n) is 2.35. The SMILES string of the molecule is CC(C)/C=N/OC1CC1.CC(C)/C=N/Oc1ccccc1. The van der Waals surface area contributed by atoms with Gasteiger partial charge in [0.2, 0.25) is 0 Å². The van der Waals surface area contributed by atoms with Crippen molar-refractivity contribution in [3.8, 4) is 5.75 Å². The average molecular weight is 290 g/mol. The maximum Gasteiger partial charge on any atom is 0.157 e. The van der Waals surface area contributed by atoms with E-state index in [2.05, 4.69) is 38.0 Å². The second kappa shape index (κ2) is 9.97. The van der Waals surface area contributed by atoms with Crippen LogP contribution in [-0.4, -0.2) is 18.5 Å². The molecule has 0 aliphatic heterocycles. The Labute approximate surface area is 127 Å². The van der Waals surface area contributed by atoms with E-state index >= 15 is 0 Å². The Bertz CT molecular complexity index is 424. The molecular formula is C17H26N2O2. The molecule has 0 N–H and O–H groups in total. The molecule has 4 nitrogen and oxygen atoms in total. The van der Waals surface area contributed by atoms with Gasteiger partial charge in [0, 0.05) is 12.4 Å². The van der Waals surface area contributed by atoms with Crippen molar-refractivity contribution in [3.05, 3.63) is 30.3 Å². The lowest BCUT2D eigenvalue weighted by Gasteiger charge is -1.96. The van der Waals surface area contributed by atoms with E-state index in [1.165, 1.54) is 12.8 Å². The van der Waals surface area contributed by atoms with E-state index in [1.54, 1.807) is 6.21 Å².